The summed E-state index contributed by atoms with van der Waals surface area (Å²) < 4.78 is 9.99. The van der Waals surface area contributed by atoms with Crippen LogP contribution in [0.5, 0.6) is 0 Å². The second kappa shape index (κ2) is 6.36. The van der Waals surface area contributed by atoms with Gasteiger partial charge in [0.25, 0.3) is 11.8 Å². The quantitative estimate of drug-likeness (QED) is 0.338. The molecule has 0 spiro atoms. The van der Waals surface area contributed by atoms with Crippen LogP contribution in [0, 0.1) is 0 Å². The van der Waals surface area contributed by atoms with E-state index in [1.54, 1.807) is 0 Å². The number of hydrogen-bond donors (Lipinski definition) is 3. The van der Waals surface area contributed by atoms with E-state index in [0.29, 0.717) is 13.2 Å². The minimum atomic E-state index is -0.381. The molecule has 0 saturated carbocycles. The molecule has 2 aliphatic rings. The fraction of sp³-hybridized carbons (Fsp3) is 0.385. The van der Waals surface area contributed by atoms with Gasteiger partial charge in [0, 0.05) is 17.6 Å². The first-order valence-corrected chi connectivity index (χ1v) is 6.24. The second-order valence-corrected chi connectivity index (χ2v) is 4.40. The van der Waals surface area contributed by atoms with E-state index in [-0.39, 0.29) is 35.4 Å². The predicted molar refractivity (Wildman–Crippen MR) is 70.9 cm³/mol. The van der Waals surface area contributed by atoms with E-state index in [1.165, 1.54) is 18.4 Å². The van der Waals surface area contributed by atoms with Crippen molar-refractivity contribution in [3.63, 3.8) is 0 Å². The largest absolute Gasteiger partial charge is 0.405 e. The van der Waals surface area contributed by atoms with Gasteiger partial charge in [0.1, 0.15) is 6.23 Å². The maximum Gasteiger partial charge on any atom is 0.253 e. The summed E-state index contributed by atoms with van der Waals surface area (Å²) in [4.78, 5) is 23.7. The van der Waals surface area contributed by atoms with Gasteiger partial charge < -0.3 is 25.8 Å². The van der Waals surface area contributed by atoms with Gasteiger partial charge in [0.05, 0.1) is 13.2 Å². The molecule has 2 amide bonds. The van der Waals surface area contributed by atoms with Gasteiger partial charge in [-0.15, -0.1) is 0 Å². The highest BCUT2D eigenvalue weighted by molar-refractivity contribution is 6.01. The molecule has 2 unspecified atom stereocenters. The normalized spacial score (nSPS) is 24.9. The SMILES string of the molecule is C=C(/C=C(\C=C\N)C(=O)NC1CO1)C(=O)NC1CCO1. The predicted octanol–water partition coefficient (Wildman–Crippen LogP) is -0.723. The highest BCUT2D eigenvalue weighted by Crippen LogP contribution is 2.11. The number of ether oxygens (including phenoxy) is 2. The Hall–Kier alpha value is -2.12. The first-order chi connectivity index (χ1) is 9.60. The maximum absolute atomic E-state index is 11.9. The molecule has 20 heavy (non-hydrogen) atoms. The van der Waals surface area contributed by atoms with Gasteiger partial charge in [-0.1, -0.05) is 6.58 Å². The molecule has 0 aromatic carbocycles. The van der Waals surface area contributed by atoms with E-state index < -0.39 is 0 Å². The minimum absolute atomic E-state index is 0.153. The lowest BCUT2D eigenvalue weighted by molar-refractivity contribution is -0.129. The number of carbonyl (C=O) groups is 2. The Labute approximate surface area is 116 Å². The molecule has 7 nitrogen and oxygen atoms in total. The van der Waals surface area contributed by atoms with Crippen LogP contribution in [0.3, 0.4) is 0 Å². The van der Waals surface area contributed by atoms with E-state index in [9.17, 15) is 9.59 Å². The zero-order chi connectivity index (χ0) is 14.5. The Morgan fingerprint density at radius 2 is 1.85 bits per heavy atom. The second-order valence-electron chi connectivity index (χ2n) is 4.40. The van der Waals surface area contributed by atoms with Gasteiger partial charge in [0.15, 0.2) is 6.23 Å². The Morgan fingerprint density at radius 1 is 1.20 bits per heavy atom. The van der Waals surface area contributed by atoms with Crippen molar-refractivity contribution in [2.45, 2.75) is 18.9 Å². The minimum Gasteiger partial charge on any atom is -0.405 e. The van der Waals surface area contributed by atoms with Crippen molar-refractivity contribution in [3.05, 3.63) is 36.1 Å². The van der Waals surface area contributed by atoms with Crippen molar-refractivity contribution in [3.8, 4) is 0 Å². The van der Waals surface area contributed by atoms with Crippen molar-refractivity contribution < 1.29 is 19.1 Å². The molecule has 0 radical (unpaired) electrons. The van der Waals surface area contributed by atoms with Gasteiger partial charge in [-0.3, -0.25) is 9.59 Å². The number of nitrogens with two attached hydrogens (primary N) is 1. The smallest absolute Gasteiger partial charge is 0.253 e. The molecule has 108 valence electrons. The first-order valence-electron chi connectivity index (χ1n) is 6.24. The van der Waals surface area contributed by atoms with Crippen molar-refractivity contribution in [1.82, 2.24) is 10.6 Å². The third-order valence-corrected chi connectivity index (χ3v) is 2.78. The molecule has 4 N–H and O–H groups in total. The molecule has 0 aromatic rings. The summed E-state index contributed by atoms with van der Waals surface area (Å²) in [6, 6.07) is 0. The lowest BCUT2D eigenvalue weighted by Crippen LogP contribution is -2.44. The molecule has 0 bridgehead atoms. The van der Waals surface area contributed by atoms with Crippen LogP contribution in [0.1, 0.15) is 6.42 Å². The summed E-state index contributed by atoms with van der Waals surface area (Å²) in [5.41, 5.74) is 5.68. The lowest BCUT2D eigenvalue weighted by Gasteiger charge is -2.27. The topological polar surface area (TPSA) is 106 Å². The van der Waals surface area contributed by atoms with E-state index >= 15 is 0 Å². The van der Waals surface area contributed by atoms with Crippen molar-refractivity contribution in [2.24, 2.45) is 5.73 Å². The molecule has 2 heterocycles. The highest BCUT2D eigenvalue weighted by Gasteiger charge is 2.26. The number of nitrogens with one attached hydrogen (secondary N) is 2. The summed E-state index contributed by atoms with van der Waals surface area (Å²) in [5.74, 6) is -0.754. The van der Waals surface area contributed by atoms with Gasteiger partial charge in [0.2, 0.25) is 0 Å². The fourth-order valence-corrected chi connectivity index (χ4v) is 1.50. The van der Waals surface area contributed by atoms with Gasteiger partial charge in [-0.05, 0) is 18.4 Å². The molecule has 2 aliphatic heterocycles. The zero-order valence-corrected chi connectivity index (χ0v) is 10.9. The molecule has 2 saturated heterocycles. The lowest BCUT2D eigenvalue weighted by atomic mass is 10.1. The Balaban J connectivity index is 1.96. The van der Waals surface area contributed by atoms with Gasteiger partial charge in [-0.2, -0.15) is 0 Å². The average Bonchev–Trinajstić information content (AvgIpc) is 3.16. The maximum atomic E-state index is 11.9. The van der Waals surface area contributed by atoms with Crippen LogP contribution < -0.4 is 16.4 Å². The number of rotatable bonds is 6. The summed E-state index contributed by atoms with van der Waals surface area (Å²) >= 11 is 0. The summed E-state index contributed by atoms with van der Waals surface area (Å²) in [7, 11) is 0. The first kappa shape index (κ1) is 14.3. The molecular formula is C13H17N3O4. The van der Waals surface area contributed by atoms with Crippen molar-refractivity contribution in [2.75, 3.05) is 13.2 Å². The number of epoxide rings is 1. The number of amides is 2. The van der Waals surface area contributed by atoms with Crippen molar-refractivity contribution in [1.29, 1.82) is 0 Å². The van der Waals surface area contributed by atoms with Crippen LogP contribution in [0.2, 0.25) is 0 Å². The molecule has 0 aromatic heterocycles. The van der Waals surface area contributed by atoms with Crippen LogP contribution in [-0.4, -0.2) is 37.5 Å². The number of carbonyl (C=O) groups excluding carboxylic acids is 2. The summed E-state index contributed by atoms with van der Waals surface area (Å²) in [6.45, 7) is 4.76. The van der Waals surface area contributed by atoms with Crippen LogP contribution in [-0.2, 0) is 19.1 Å². The molecule has 7 heteroatoms. The van der Waals surface area contributed by atoms with Crippen LogP contribution >= 0.6 is 0 Å². The van der Waals surface area contributed by atoms with E-state index in [4.69, 9.17) is 15.2 Å². The van der Waals surface area contributed by atoms with Crippen LogP contribution in [0.4, 0.5) is 0 Å². The highest BCUT2D eigenvalue weighted by atomic mass is 16.6. The molecule has 0 aliphatic carbocycles. The Morgan fingerprint density at radius 3 is 2.35 bits per heavy atom. The van der Waals surface area contributed by atoms with E-state index in [0.717, 1.165) is 6.42 Å². The van der Waals surface area contributed by atoms with E-state index in [2.05, 4.69) is 17.2 Å². The average molecular weight is 279 g/mol. The monoisotopic (exact) mass is 279 g/mol. The van der Waals surface area contributed by atoms with Crippen LogP contribution in [0.25, 0.3) is 0 Å². The molecule has 2 atom stereocenters. The standard InChI is InChI=1S/C13H17N3O4/c1-8(12(17)15-10-3-5-19-10)6-9(2-4-14)13(18)16-11-7-20-11/h2,4,6,10-11H,1,3,5,7,14H2,(H,15,17)(H,16,18)/b4-2+,9-6+. The molecular weight excluding hydrogens is 262 g/mol. The summed E-state index contributed by atoms with van der Waals surface area (Å²) in [5, 5.41) is 5.25. The third kappa shape index (κ3) is 3.94. The van der Waals surface area contributed by atoms with E-state index in [1.807, 2.05) is 0 Å². The fourth-order valence-electron chi connectivity index (χ4n) is 1.50. The Kier molecular flexibility index (Phi) is 4.54. The van der Waals surface area contributed by atoms with Crippen molar-refractivity contribution >= 4 is 11.8 Å². The van der Waals surface area contributed by atoms with Gasteiger partial charge >= 0.3 is 0 Å². The number of hydrogen-bond acceptors (Lipinski definition) is 5. The molecule has 2 fully saturated rings. The zero-order valence-electron chi connectivity index (χ0n) is 10.9. The third-order valence-electron chi connectivity index (χ3n) is 2.78. The Bertz CT molecular complexity index is 476. The summed E-state index contributed by atoms with van der Waals surface area (Å²) in [6.07, 6.45) is 4.24. The van der Waals surface area contributed by atoms with Crippen LogP contribution in [0.15, 0.2) is 36.1 Å². The molecule has 2 rings (SSSR count). The van der Waals surface area contributed by atoms with Gasteiger partial charge in [-0.25, -0.2) is 0 Å².